The number of piperazine rings is 1. The minimum absolute atomic E-state index is 0.0767. The molecule has 2 aromatic heterocycles. The summed E-state index contributed by atoms with van der Waals surface area (Å²) in [5.41, 5.74) is 6.67. The van der Waals surface area contributed by atoms with E-state index in [1.165, 1.54) is 16.7 Å². The summed E-state index contributed by atoms with van der Waals surface area (Å²) in [5, 5.41) is 2.97. The molecule has 1 aromatic carbocycles. The van der Waals surface area contributed by atoms with E-state index in [2.05, 4.69) is 52.0 Å². The number of carbonyl (C=O) groups is 1. The number of hydrogen-bond acceptors (Lipinski definition) is 5. The molecule has 0 bridgehead atoms. The van der Waals surface area contributed by atoms with E-state index in [0.29, 0.717) is 6.54 Å². The molecular weight excluding hydrogens is 398 g/mol. The highest BCUT2D eigenvalue weighted by molar-refractivity contribution is 5.92. The van der Waals surface area contributed by atoms with Crippen molar-refractivity contribution < 1.29 is 4.79 Å². The highest BCUT2D eigenvalue weighted by Crippen LogP contribution is 2.17. The Morgan fingerprint density at radius 1 is 0.938 bits per heavy atom. The lowest BCUT2D eigenvalue weighted by molar-refractivity contribution is -0.117. The number of anilines is 1. The van der Waals surface area contributed by atoms with Crippen molar-refractivity contribution in [2.24, 2.45) is 0 Å². The highest BCUT2D eigenvalue weighted by Gasteiger charge is 2.16. The molecule has 4 rings (SSSR count). The fraction of sp³-hybridized carbons (Fsp3) is 0.346. The van der Waals surface area contributed by atoms with Gasteiger partial charge < -0.3 is 10.2 Å². The number of aryl methyl sites for hydroxylation is 3. The summed E-state index contributed by atoms with van der Waals surface area (Å²) >= 11 is 0. The minimum atomic E-state index is 0.0767. The van der Waals surface area contributed by atoms with Gasteiger partial charge in [0, 0.05) is 61.7 Å². The summed E-state index contributed by atoms with van der Waals surface area (Å²) in [6.45, 7) is 10.6. The monoisotopic (exact) mass is 431 g/mol. The summed E-state index contributed by atoms with van der Waals surface area (Å²) in [6.07, 6.45) is 5.45. The second-order valence-corrected chi connectivity index (χ2v) is 8.35. The number of likely N-dealkylation sites (N-methyl/N-ethyl adjacent to an activating group) is 1. The van der Waals surface area contributed by atoms with Gasteiger partial charge in [0.2, 0.25) is 5.91 Å². The van der Waals surface area contributed by atoms with Gasteiger partial charge in [-0.3, -0.25) is 19.7 Å². The van der Waals surface area contributed by atoms with Crippen LogP contribution in [-0.2, 0) is 4.79 Å². The van der Waals surface area contributed by atoms with Crippen molar-refractivity contribution >= 4 is 11.6 Å². The van der Waals surface area contributed by atoms with Gasteiger partial charge in [0.1, 0.15) is 0 Å². The molecule has 0 radical (unpaired) electrons. The zero-order valence-electron chi connectivity index (χ0n) is 19.5. The van der Waals surface area contributed by atoms with Crippen molar-refractivity contribution in [2.75, 3.05) is 45.1 Å². The van der Waals surface area contributed by atoms with Crippen LogP contribution in [0.1, 0.15) is 16.8 Å². The smallest absolute Gasteiger partial charge is 0.238 e. The molecule has 1 saturated heterocycles. The molecule has 0 unspecified atom stereocenters. The molecule has 1 N–H and O–H groups in total. The average Bonchev–Trinajstić information content (AvgIpc) is 2.79. The molecule has 6 heteroatoms. The van der Waals surface area contributed by atoms with E-state index in [4.69, 9.17) is 0 Å². The van der Waals surface area contributed by atoms with Gasteiger partial charge >= 0.3 is 0 Å². The summed E-state index contributed by atoms with van der Waals surface area (Å²) in [4.78, 5) is 24.7. The van der Waals surface area contributed by atoms with E-state index in [0.717, 1.165) is 43.1 Å². The summed E-state index contributed by atoms with van der Waals surface area (Å²) in [5.74, 6) is 0.0767. The lowest BCUT2D eigenvalue weighted by Crippen LogP contribution is -2.47. The van der Waals surface area contributed by atoms with Crippen molar-refractivity contribution in [2.45, 2.75) is 20.8 Å². The molecule has 0 atom stereocenters. The number of aromatic nitrogens is 2. The molecule has 0 aliphatic carbocycles. The molecule has 1 aliphatic rings. The van der Waals surface area contributed by atoms with Gasteiger partial charge in [-0.2, -0.15) is 0 Å². The molecule has 32 heavy (non-hydrogen) atoms. The van der Waals surface area contributed by atoms with E-state index in [1.807, 2.05) is 55.7 Å². The van der Waals surface area contributed by atoms with Crippen LogP contribution in [0, 0.1) is 20.8 Å². The third kappa shape index (κ3) is 7.25. The number of nitrogens with one attached hydrogen (secondary N) is 1. The Balaban J connectivity index is 0.000000193. The Hall–Kier alpha value is -3.09. The molecule has 3 heterocycles. The Bertz CT molecular complexity index is 1010. The number of benzene rings is 1. The van der Waals surface area contributed by atoms with Gasteiger partial charge in [0.25, 0.3) is 0 Å². The van der Waals surface area contributed by atoms with Crippen LogP contribution in [0.5, 0.6) is 0 Å². The van der Waals surface area contributed by atoms with Gasteiger partial charge in [0.05, 0.1) is 6.54 Å². The molecular formula is C26H33N5O. The first kappa shape index (κ1) is 23.6. The molecule has 3 aromatic rings. The number of hydrogen-bond donors (Lipinski definition) is 1. The van der Waals surface area contributed by atoms with Crippen molar-refractivity contribution in [1.82, 2.24) is 19.8 Å². The topological polar surface area (TPSA) is 61.4 Å². The van der Waals surface area contributed by atoms with Crippen molar-refractivity contribution in [3.63, 3.8) is 0 Å². The maximum atomic E-state index is 12.0. The van der Waals surface area contributed by atoms with Gasteiger partial charge in [-0.15, -0.1) is 0 Å². The third-order valence-corrected chi connectivity index (χ3v) is 5.65. The van der Waals surface area contributed by atoms with E-state index in [9.17, 15) is 4.79 Å². The van der Waals surface area contributed by atoms with E-state index in [-0.39, 0.29) is 5.91 Å². The molecule has 6 nitrogen and oxygen atoms in total. The second-order valence-electron chi connectivity index (χ2n) is 8.35. The molecule has 0 spiro atoms. The summed E-state index contributed by atoms with van der Waals surface area (Å²) in [6, 6.07) is 14.1. The first-order valence-corrected chi connectivity index (χ1v) is 11.0. The highest BCUT2D eigenvalue weighted by atomic mass is 16.2. The Labute approximate surface area is 191 Å². The van der Waals surface area contributed by atoms with E-state index >= 15 is 0 Å². The van der Waals surface area contributed by atoms with E-state index < -0.39 is 0 Å². The lowest BCUT2D eigenvalue weighted by atomic mass is 10.1. The van der Waals surface area contributed by atoms with Crippen molar-refractivity contribution in [3.05, 3.63) is 77.9 Å². The number of pyridine rings is 2. The standard InChI is InChI=1S/C15H23N3O.C11H10N2/c1-12-4-5-14(10-13(12)2)16-15(19)11-18-8-6-17(3)7-9-18;1-9-7-10(4-6-13-9)11-3-2-5-12-8-11/h4-5,10H,6-9,11H2,1-3H3,(H,16,19);2-8H,1H3. The second kappa shape index (κ2) is 11.5. The van der Waals surface area contributed by atoms with Crippen LogP contribution >= 0.6 is 0 Å². The molecule has 1 aliphatic heterocycles. The predicted octanol–water partition coefficient (Wildman–Crippen LogP) is 3.94. The number of amides is 1. The first-order chi connectivity index (χ1) is 15.4. The minimum Gasteiger partial charge on any atom is -0.325 e. The van der Waals surface area contributed by atoms with Crippen LogP contribution in [0.15, 0.2) is 61.1 Å². The Morgan fingerprint density at radius 2 is 1.72 bits per heavy atom. The third-order valence-electron chi connectivity index (χ3n) is 5.65. The van der Waals surface area contributed by atoms with Crippen molar-refractivity contribution in [1.29, 1.82) is 0 Å². The van der Waals surface area contributed by atoms with Gasteiger partial charge in [-0.05, 0) is 74.8 Å². The summed E-state index contributed by atoms with van der Waals surface area (Å²) in [7, 11) is 2.12. The van der Waals surface area contributed by atoms with Gasteiger partial charge in [-0.25, -0.2) is 0 Å². The van der Waals surface area contributed by atoms with E-state index in [1.54, 1.807) is 6.20 Å². The SMILES string of the molecule is Cc1cc(-c2cccnc2)ccn1.Cc1ccc(NC(=O)CN2CCN(C)CC2)cc1C. The first-order valence-electron chi connectivity index (χ1n) is 11.0. The number of rotatable bonds is 4. The van der Waals surface area contributed by atoms with Gasteiger partial charge in [-0.1, -0.05) is 12.1 Å². The van der Waals surface area contributed by atoms with Crippen LogP contribution < -0.4 is 5.32 Å². The molecule has 0 saturated carbocycles. The Morgan fingerprint density at radius 3 is 2.38 bits per heavy atom. The van der Waals surface area contributed by atoms with Crippen molar-refractivity contribution in [3.8, 4) is 11.1 Å². The number of carbonyl (C=O) groups excluding carboxylic acids is 1. The van der Waals surface area contributed by atoms with Crippen LogP contribution in [-0.4, -0.2) is 65.4 Å². The van der Waals surface area contributed by atoms with Crippen LogP contribution in [0.4, 0.5) is 5.69 Å². The summed E-state index contributed by atoms with van der Waals surface area (Å²) < 4.78 is 0. The fourth-order valence-electron chi connectivity index (χ4n) is 3.49. The fourth-order valence-corrected chi connectivity index (χ4v) is 3.49. The Kier molecular flexibility index (Phi) is 8.48. The van der Waals surface area contributed by atoms with Crippen LogP contribution in [0.2, 0.25) is 0 Å². The molecule has 1 fully saturated rings. The maximum absolute atomic E-state index is 12.0. The van der Waals surface area contributed by atoms with Gasteiger partial charge in [0.15, 0.2) is 0 Å². The maximum Gasteiger partial charge on any atom is 0.238 e. The zero-order chi connectivity index (χ0) is 22.9. The largest absolute Gasteiger partial charge is 0.325 e. The normalized spacial score (nSPS) is 14.4. The lowest BCUT2D eigenvalue weighted by Gasteiger charge is -2.31. The zero-order valence-corrected chi connectivity index (χ0v) is 19.5. The average molecular weight is 432 g/mol. The molecule has 168 valence electrons. The quantitative estimate of drug-likeness (QED) is 0.678. The molecule has 1 amide bonds. The van der Waals surface area contributed by atoms with Crippen LogP contribution in [0.3, 0.4) is 0 Å². The number of nitrogens with zero attached hydrogens (tertiary/aromatic N) is 4. The predicted molar refractivity (Wildman–Crippen MR) is 131 cm³/mol. The van der Waals surface area contributed by atoms with Crippen LogP contribution in [0.25, 0.3) is 11.1 Å².